The predicted octanol–water partition coefficient (Wildman–Crippen LogP) is 4.72. The summed E-state index contributed by atoms with van der Waals surface area (Å²) < 4.78 is 24.4. The number of halogens is 1. The topological polar surface area (TPSA) is 68.5 Å². The summed E-state index contributed by atoms with van der Waals surface area (Å²) in [5.41, 5.74) is 1.11. The number of amides is 1. The normalized spacial score (nSPS) is 11.8. The van der Waals surface area contributed by atoms with Crippen LogP contribution in [-0.4, -0.2) is 23.3 Å². The first kappa shape index (κ1) is 21.3. The summed E-state index contributed by atoms with van der Waals surface area (Å²) in [6.07, 6.45) is 0.708. The van der Waals surface area contributed by atoms with Crippen LogP contribution in [0.5, 0.6) is 5.75 Å². The fourth-order valence-corrected chi connectivity index (χ4v) is 3.99. The minimum absolute atomic E-state index is 0.222. The third kappa shape index (κ3) is 6.30. The Morgan fingerprint density at radius 2 is 1.79 bits per heavy atom. The van der Waals surface area contributed by atoms with Gasteiger partial charge < -0.3 is 14.5 Å². The van der Waals surface area contributed by atoms with E-state index in [1.54, 1.807) is 24.3 Å². The second-order valence-corrected chi connectivity index (χ2v) is 8.66. The van der Waals surface area contributed by atoms with Crippen LogP contribution in [0, 0.1) is 0 Å². The molecule has 1 heterocycles. The van der Waals surface area contributed by atoms with Crippen LogP contribution >= 0.6 is 15.9 Å². The highest BCUT2D eigenvalue weighted by atomic mass is 79.9. The van der Waals surface area contributed by atoms with Crippen LogP contribution < -0.4 is 10.1 Å². The number of nitrogens with one attached hydrogen (secondary N) is 1. The lowest BCUT2D eigenvalue weighted by atomic mass is 10.1. The lowest BCUT2D eigenvalue weighted by Gasteiger charge is -2.06. The fourth-order valence-electron chi connectivity index (χ4n) is 2.70. The second kappa shape index (κ2) is 10.4. The molecule has 7 heteroatoms. The predicted molar refractivity (Wildman–Crippen MR) is 117 cm³/mol. The average molecular weight is 476 g/mol. The van der Waals surface area contributed by atoms with Gasteiger partial charge in [-0.1, -0.05) is 28.1 Å². The highest BCUT2D eigenvalue weighted by molar-refractivity contribution is 9.10. The zero-order valence-electron chi connectivity index (χ0n) is 16.0. The number of carbonyl (C=O) groups excluding carboxylic acids is 1. The van der Waals surface area contributed by atoms with Crippen LogP contribution in [0.2, 0.25) is 0 Å². The maximum absolute atomic E-state index is 12.4. The van der Waals surface area contributed by atoms with Crippen molar-refractivity contribution in [3.8, 4) is 5.75 Å². The molecule has 1 atom stereocenters. The van der Waals surface area contributed by atoms with Crippen molar-refractivity contribution < 1.29 is 18.2 Å². The van der Waals surface area contributed by atoms with E-state index in [2.05, 4.69) is 21.2 Å². The number of furan rings is 1. The van der Waals surface area contributed by atoms with Gasteiger partial charge in [0.1, 0.15) is 11.5 Å². The number of hydrogen-bond donors (Lipinski definition) is 1. The van der Waals surface area contributed by atoms with Crippen molar-refractivity contribution in [2.45, 2.75) is 24.0 Å². The number of carbonyl (C=O) groups is 1. The summed E-state index contributed by atoms with van der Waals surface area (Å²) in [5.74, 6) is 1.52. The largest absolute Gasteiger partial charge is 0.494 e. The molecule has 0 aliphatic carbocycles. The first-order chi connectivity index (χ1) is 14.0. The zero-order valence-corrected chi connectivity index (χ0v) is 18.4. The molecule has 152 valence electrons. The van der Waals surface area contributed by atoms with Gasteiger partial charge in [-0.25, -0.2) is 0 Å². The number of hydrogen-bond acceptors (Lipinski definition) is 4. The molecule has 1 unspecified atom stereocenters. The van der Waals surface area contributed by atoms with Gasteiger partial charge >= 0.3 is 0 Å². The van der Waals surface area contributed by atoms with E-state index < -0.39 is 10.8 Å². The molecule has 2 aromatic carbocycles. The van der Waals surface area contributed by atoms with E-state index in [0.29, 0.717) is 30.2 Å². The summed E-state index contributed by atoms with van der Waals surface area (Å²) in [6, 6.07) is 18.4. The molecule has 1 N–H and O–H groups in total. The van der Waals surface area contributed by atoms with Gasteiger partial charge in [-0.05, 0) is 67.4 Å². The number of benzene rings is 2. The molecule has 0 saturated carbocycles. The smallest absolute Gasteiger partial charge is 0.287 e. The second-order valence-electron chi connectivity index (χ2n) is 6.29. The minimum Gasteiger partial charge on any atom is -0.494 e. The average Bonchev–Trinajstić information content (AvgIpc) is 3.18. The summed E-state index contributed by atoms with van der Waals surface area (Å²) >= 11 is 3.36. The molecule has 0 spiro atoms. The molecular formula is C22H22BrNO4S. The molecule has 29 heavy (non-hydrogen) atoms. The minimum atomic E-state index is -1.23. The first-order valence-electron chi connectivity index (χ1n) is 9.27. The quantitative estimate of drug-likeness (QED) is 0.485. The summed E-state index contributed by atoms with van der Waals surface area (Å²) in [7, 11) is -1.23. The lowest BCUT2D eigenvalue weighted by molar-refractivity contribution is 0.0925. The van der Waals surface area contributed by atoms with Crippen LogP contribution in [0.1, 0.15) is 28.8 Å². The Bertz CT molecular complexity index is 967. The Morgan fingerprint density at radius 1 is 1.07 bits per heavy atom. The Morgan fingerprint density at radius 3 is 2.48 bits per heavy atom. The summed E-state index contributed by atoms with van der Waals surface area (Å²) in [6.45, 7) is 3.08. The molecule has 3 aromatic rings. The van der Waals surface area contributed by atoms with Gasteiger partial charge in [0.2, 0.25) is 0 Å². The van der Waals surface area contributed by atoms with Crippen LogP contribution in [0.15, 0.2) is 74.4 Å². The van der Waals surface area contributed by atoms with Gasteiger partial charge in [0, 0.05) is 15.9 Å². The van der Waals surface area contributed by atoms with E-state index >= 15 is 0 Å². The fraction of sp³-hybridized carbons (Fsp3) is 0.227. The third-order valence-electron chi connectivity index (χ3n) is 4.17. The highest BCUT2D eigenvalue weighted by Gasteiger charge is 2.13. The Kier molecular flexibility index (Phi) is 7.66. The van der Waals surface area contributed by atoms with E-state index in [9.17, 15) is 9.00 Å². The Hall–Kier alpha value is -2.38. The molecule has 0 radical (unpaired) electrons. The van der Waals surface area contributed by atoms with Crippen LogP contribution in [-0.2, 0) is 23.0 Å². The van der Waals surface area contributed by atoms with Gasteiger partial charge in [-0.15, -0.1) is 0 Å². The van der Waals surface area contributed by atoms with E-state index in [4.69, 9.17) is 9.15 Å². The van der Waals surface area contributed by atoms with Crippen molar-refractivity contribution in [2.75, 3.05) is 13.2 Å². The summed E-state index contributed by atoms with van der Waals surface area (Å²) in [4.78, 5) is 13.0. The van der Waals surface area contributed by atoms with Gasteiger partial charge in [0.25, 0.3) is 5.91 Å². The lowest BCUT2D eigenvalue weighted by Crippen LogP contribution is -2.25. The van der Waals surface area contributed by atoms with Crippen molar-refractivity contribution in [3.63, 3.8) is 0 Å². The van der Waals surface area contributed by atoms with Gasteiger partial charge in [-0.3, -0.25) is 9.00 Å². The van der Waals surface area contributed by atoms with E-state index in [-0.39, 0.29) is 17.4 Å². The van der Waals surface area contributed by atoms with Gasteiger partial charge in [-0.2, -0.15) is 0 Å². The monoisotopic (exact) mass is 475 g/mol. The number of rotatable bonds is 9. The first-order valence-corrected chi connectivity index (χ1v) is 11.4. The molecular weight excluding hydrogens is 454 g/mol. The molecule has 0 bridgehead atoms. The molecule has 0 saturated heterocycles. The number of ether oxygens (including phenoxy) is 1. The molecule has 1 amide bonds. The highest BCUT2D eigenvalue weighted by Crippen LogP contribution is 2.18. The Labute approximate surface area is 181 Å². The van der Waals surface area contributed by atoms with Gasteiger partial charge in [0.15, 0.2) is 5.76 Å². The summed E-state index contributed by atoms with van der Waals surface area (Å²) in [5, 5.41) is 2.85. The van der Waals surface area contributed by atoms with Gasteiger partial charge in [0.05, 0.1) is 23.2 Å². The Balaban J connectivity index is 1.48. The van der Waals surface area contributed by atoms with E-state index in [1.807, 2.05) is 43.3 Å². The third-order valence-corrected chi connectivity index (χ3v) is 6.04. The maximum atomic E-state index is 12.4. The maximum Gasteiger partial charge on any atom is 0.287 e. The molecule has 0 fully saturated rings. The molecule has 1 aromatic heterocycles. The van der Waals surface area contributed by atoms with Crippen LogP contribution in [0.4, 0.5) is 0 Å². The van der Waals surface area contributed by atoms with Crippen LogP contribution in [0.25, 0.3) is 0 Å². The zero-order chi connectivity index (χ0) is 20.6. The SMILES string of the molecule is CCOc1ccc(CCNC(=O)c2ccc(CS(=O)c3ccc(Br)cc3)o2)cc1. The standard InChI is InChI=1S/C22H22BrNO4S/c1-2-27-18-7-3-16(4-8-18)13-14-24-22(25)21-12-9-19(28-21)15-29(26)20-10-5-17(23)6-11-20/h3-12H,2,13-15H2,1H3,(H,24,25). The van der Waals surface area contributed by atoms with Crippen molar-refractivity contribution in [1.29, 1.82) is 0 Å². The molecule has 5 nitrogen and oxygen atoms in total. The van der Waals surface area contributed by atoms with Crippen molar-refractivity contribution in [3.05, 3.63) is 82.2 Å². The molecule has 0 aliphatic heterocycles. The molecule has 0 aliphatic rings. The van der Waals surface area contributed by atoms with E-state index in [1.165, 1.54) is 0 Å². The van der Waals surface area contributed by atoms with E-state index in [0.717, 1.165) is 15.8 Å². The molecule has 3 rings (SSSR count). The van der Waals surface area contributed by atoms with Crippen molar-refractivity contribution in [1.82, 2.24) is 5.32 Å². The van der Waals surface area contributed by atoms with Crippen molar-refractivity contribution >= 4 is 32.6 Å². The van der Waals surface area contributed by atoms with Crippen LogP contribution in [0.3, 0.4) is 0 Å². The van der Waals surface area contributed by atoms with Crippen molar-refractivity contribution in [2.24, 2.45) is 0 Å².